The van der Waals surface area contributed by atoms with Gasteiger partial charge in [-0.05, 0) is 70.6 Å². The molecule has 3 nitrogen and oxygen atoms in total. The number of fused-ring (bicyclic) bond motifs is 3. The highest BCUT2D eigenvalue weighted by atomic mass is 127. The molecule has 0 aliphatic rings. The lowest BCUT2D eigenvalue weighted by Gasteiger charge is -2.08. The second-order valence-electron chi connectivity index (χ2n) is 5.94. The first kappa shape index (κ1) is 16.1. The van der Waals surface area contributed by atoms with Crippen LogP contribution in [0.2, 0.25) is 0 Å². The maximum Gasteiger partial charge on any atom is 0.249 e. The van der Waals surface area contributed by atoms with Crippen molar-refractivity contribution in [2.45, 2.75) is 6.54 Å². The van der Waals surface area contributed by atoms with E-state index in [0.717, 1.165) is 20.2 Å². The smallest absolute Gasteiger partial charge is 0.249 e. The number of aromatic nitrogens is 1. The predicted molar refractivity (Wildman–Crippen MR) is 106 cm³/mol. The molecule has 1 heterocycles. The van der Waals surface area contributed by atoms with Crippen molar-refractivity contribution in [1.82, 2.24) is 4.57 Å². The van der Waals surface area contributed by atoms with Gasteiger partial charge in [0, 0.05) is 32.0 Å². The molecular formula is C20H14FIN2O. The van der Waals surface area contributed by atoms with Crippen molar-refractivity contribution in [3.8, 4) is 0 Å². The highest BCUT2D eigenvalue weighted by molar-refractivity contribution is 14.1. The van der Waals surface area contributed by atoms with Gasteiger partial charge in [-0.3, -0.25) is 4.79 Å². The molecule has 5 heteroatoms. The minimum Gasteiger partial charge on any atom is -0.366 e. The fraction of sp³-hybridized carbons (Fsp3) is 0.0500. The van der Waals surface area contributed by atoms with Gasteiger partial charge in [-0.25, -0.2) is 4.39 Å². The highest BCUT2D eigenvalue weighted by Gasteiger charge is 2.17. The molecule has 0 fully saturated rings. The molecule has 124 valence electrons. The zero-order valence-corrected chi connectivity index (χ0v) is 15.3. The molecule has 0 saturated carbocycles. The van der Waals surface area contributed by atoms with E-state index >= 15 is 0 Å². The number of hydrogen-bond donors (Lipinski definition) is 1. The number of nitrogens with two attached hydrogens (primary N) is 1. The third kappa shape index (κ3) is 2.78. The van der Waals surface area contributed by atoms with Crippen LogP contribution in [0.4, 0.5) is 4.39 Å². The van der Waals surface area contributed by atoms with Gasteiger partial charge in [0.15, 0.2) is 0 Å². The Morgan fingerprint density at radius 1 is 1.04 bits per heavy atom. The number of carbonyl (C=O) groups is 1. The standard InChI is InChI=1S/C20H14FIN2O/c21-13-7-8-17-16(10-13)19-15(20(23)25)5-2-6-18(19)24(17)11-12-3-1-4-14(22)9-12/h1-10H,11H2,(H2,23,25). The molecule has 0 aliphatic heterocycles. The molecule has 2 N–H and O–H groups in total. The maximum absolute atomic E-state index is 13.9. The summed E-state index contributed by atoms with van der Waals surface area (Å²) < 4.78 is 17.1. The first-order valence-corrected chi connectivity index (χ1v) is 8.87. The quantitative estimate of drug-likeness (QED) is 0.459. The fourth-order valence-electron chi connectivity index (χ4n) is 3.32. The number of halogens is 2. The summed E-state index contributed by atoms with van der Waals surface area (Å²) in [6.45, 7) is 0.630. The molecule has 1 amide bonds. The van der Waals surface area contributed by atoms with Crippen LogP contribution < -0.4 is 5.73 Å². The van der Waals surface area contributed by atoms with Crippen LogP contribution in [0.3, 0.4) is 0 Å². The number of rotatable bonds is 3. The van der Waals surface area contributed by atoms with Crippen LogP contribution in [0.15, 0.2) is 60.7 Å². The minimum absolute atomic E-state index is 0.333. The summed E-state index contributed by atoms with van der Waals surface area (Å²) in [5.74, 6) is -0.844. The Morgan fingerprint density at radius 3 is 2.60 bits per heavy atom. The summed E-state index contributed by atoms with van der Waals surface area (Å²) in [4.78, 5) is 11.9. The van der Waals surface area contributed by atoms with Gasteiger partial charge in [-0.15, -0.1) is 0 Å². The van der Waals surface area contributed by atoms with E-state index in [-0.39, 0.29) is 5.82 Å². The second kappa shape index (κ2) is 6.15. The first-order chi connectivity index (χ1) is 12.0. The molecule has 0 saturated heterocycles. The van der Waals surface area contributed by atoms with Crippen molar-refractivity contribution in [3.05, 3.63) is 81.2 Å². The summed E-state index contributed by atoms with van der Waals surface area (Å²) >= 11 is 2.28. The van der Waals surface area contributed by atoms with E-state index < -0.39 is 5.91 Å². The van der Waals surface area contributed by atoms with E-state index in [0.29, 0.717) is 22.9 Å². The van der Waals surface area contributed by atoms with Gasteiger partial charge in [0.25, 0.3) is 0 Å². The summed E-state index contributed by atoms with van der Waals surface area (Å²) in [6.07, 6.45) is 0. The van der Waals surface area contributed by atoms with Crippen molar-refractivity contribution in [3.63, 3.8) is 0 Å². The summed E-state index contributed by atoms with van der Waals surface area (Å²) in [7, 11) is 0. The van der Waals surface area contributed by atoms with Gasteiger partial charge in [0.05, 0.1) is 5.52 Å². The Morgan fingerprint density at radius 2 is 1.84 bits per heavy atom. The summed E-state index contributed by atoms with van der Waals surface area (Å²) in [5.41, 5.74) is 8.85. The molecule has 25 heavy (non-hydrogen) atoms. The van der Waals surface area contributed by atoms with Gasteiger partial charge in [0.1, 0.15) is 5.82 Å². The maximum atomic E-state index is 13.9. The number of benzene rings is 3. The SMILES string of the molecule is NC(=O)c1cccc2c1c1cc(F)ccc1n2Cc1cccc(I)c1. The predicted octanol–water partition coefficient (Wildman–Crippen LogP) is 4.69. The van der Waals surface area contributed by atoms with Gasteiger partial charge in [-0.2, -0.15) is 0 Å². The van der Waals surface area contributed by atoms with Crippen LogP contribution in [-0.2, 0) is 6.54 Å². The Bertz CT molecular complexity index is 1130. The highest BCUT2D eigenvalue weighted by Crippen LogP contribution is 2.32. The average molecular weight is 444 g/mol. The number of carbonyl (C=O) groups excluding carboxylic acids is 1. The van der Waals surface area contributed by atoms with Crippen molar-refractivity contribution in [2.75, 3.05) is 0 Å². The third-order valence-electron chi connectivity index (χ3n) is 4.35. The van der Waals surface area contributed by atoms with E-state index in [4.69, 9.17) is 5.73 Å². The molecule has 0 unspecified atom stereocenters. The summed E-state index contributed by atoms with van der Waals surface area (Å²) in [6, 6.07) is 18.3. The van der Waals surface area contributed by atoms with E-state index in [1.807, 2.05) is 24.3 Å². The lowest BCUT2D eigenvalue weighted by Crippen LogP contribution is -2.11. The van der Waals surface area contributed by atoms with Crippen molar-refractivity contribution >= 4 is 50.3 Å². The van der Waals surface area contributed by atoms with E-state index in [1.54, 1.807) is 12.1 Å². The van der Waals surface area contributed by atoms with Crippen LogP contribution in [0.25, 0.3) is 21.8 Å². The molecule has 0 aliphatic carbocycles. The van der Waals surface area contributed by atoms with Crippen LogP contribution >= 0.6 is 22.6 Å². The topological polar surface area (TPSA) is 48.0 Å². The fourth-order valence-corrected chi connectivity index (χ4v) is 3.92. The number of amides is 1. The van der Waals surface area contributed by atoms with Gasteiger partial charge in [-0.1, -0.05) is 18.2 Å². The molecule has 0 atom stereocenters. The van der Waals surface area contributed by atoms with Crippen LogP contribution in [0.1, 0.15) is 15.9 Å². The summed E-state index contributed by atoms with van der Waals surface area (Å²) in [5, 5.41) is 1.41. The van der Waals surface area contributed by atoms with Crippen molar-refractivity contribution in [2.24, 2.45) is 5.73 Å². The largest absolute Gasteiger partial charge is 0.366 e. The Hall–Kier alpha value is -2.41. The molecule has 1 aromatic heterocycles. The second-order valence-corrected chi connectivity index (χ2v) is 7.19. The van der Waals surface area contributed by atoms with Gasteiger partial charge in [0.2, 0.25) is 5.91 Å². The Labute approximate surface area is 157 Å². The van der Waals surface area contributed by atoms with Crippen LogP contribution in [0, 0.1) is 9.39 Å². The normalized spacial score (nSPS) is 11.3. The van der Waals surface area contributed by atoms with Crippen LogP contribution in [0.5, 0.6) is 0 Å². The van der Waals surface area contributed by atoms with E-state index in [2.05, 4.69) is 39.3 Å². The molecular weight excluding hydrogens is 430 g/mol. The lowest BCUT2D eigenvalue weighted by atomic mass is 10.1. The zero-order chi connectivity index (χ0) is 17.6. The molecule has 3 aromatic carbocycles. The van der Waals surface area contributed by atoms with Crippen molar-refractivity contribution < 1.29 is 9.18 Å². The molecule has 0 radical (unpaired) electrons. The van der Waals surface area contributed by atoms with Crippen LogP contribution in [-0.4, -0.2) is 10.5 Å². The third-order valence-corrected chi connectivity index (χ3v) is 5.02. The van der Waals surface area contributed by atoms with E-state index in [1.165, 1.54) is 12.1 Å². The van der Waals surface area contributed by atoms with Gasteiger partial charge >= 0.3 is 0 Å². The average Bonchev–Trinajstić information content (AvgIpc) is 2.88. The number of hydrogen-bond acceptors (Lipinski definition) is 1. The van der Waals surface area contributed by atoms with Gasteiger partial charge < -0.3 is 10.3 Å². The number of nitrogens with zero attached hydrogens (tertiary/aromatic N) is 1. The molecule has 4 aromatic rings. The molecule has 4 rings (SSSR count). The Kier molecular flexibility index (Phi) is 3.95. The Balaban J connectivity index is 2.05. The minimum atomic E-state index is -0.511. The zero-order valence-electron chi connectivity index (χ0n) is 13.2. The monoisotopic (exact) mass is 444 g/mol. The first-order valence-electron chi connectivity index (χ1n) is 7.79. The molecule has 0 spiro atoms. The van der Waals surface area contributed by atoms with Crippen molar-refractivity contribution in [1.29, 1.82) is 0 Å². The lowest BCUT2D eigenvalue weighted by molar-refractivity contribution is 0.100. The molecule has 0 bridgehead atoms. The van der Waals surface area contributed by atoms with E-state index in [9.17, 15) is 9.18 Å². The number of primary amides is 1.